The maximum Gasteiger partial charge on any atom is 0.410 e. The zero-order valence-corrected chi connectivity index (χ0v) is 11.0. The molecule has 0 aromatic carbocycles. The second-order valence-corrected chi connectivity index (χ2v) is 5.18. The predicted molar refractivity (Wildman–Crippen MR) is 65.9 cm³/mol. The van der Waals surface area contributed by atoms with Crippen molar-refractivity contribution in [2.24, 2.45) is 0 Å². The lowest BCUT2D eigenvalue weighted by atomic mass is 10.1. The fraction of sp³-hybridized carbons (Fsp3) is 0.455. The van der Waals surface area contributed by atoms with E-state index < -0.39 is 23.3 Å². The van der Waals surface area contributed by atoms with Crippen molar-refractivity contribution < 1.29 is 19.4 Å². The molecule has 7 heteroatoms. The molecule has 100 valence electrons. The van der Waals surface area contributed by atoms with Crippen LogP contribution in [0.3, 0.4) is 0 Å². The summed E-state index contributed by atoms with van der Waals surface area (Å²) in [5, 5.41) is 14.1. The number of alkyl carbamates (subject to hydrolysis) is 1. The van der Waals surface area contributed by atoms with Gasteiger partial charge in [-0.15, -0.1) is 0 Å². The molecule has 3 N–H and O–H groups in total. The van der Waals surface area contributed by atoms with Crippen LogP contribution in [0.5, 0.6) is 0 Å². The second kappa shape index (κ2) is 4.89. The van der Waals surface area contributed by atoms with Crippen LogP contribution in [0.15, 0.2) is 23.4 Å². The lowest BCUT2D eigenvalue weighted by Crippen LogP contribution is -2.62. The second-order valence-electron chi connectivity index (χ2n) is 4.75. The van der Waals surface area contributed by atoms with Crippen LogP contribution in [0.2, 0.25) is 0 Å². The van der Waals surface area contributed by atoms with Crippen molar-refractivity contribution in [2.45, 2.75) is 32.0 Å². The lowest BCUT2D eigenvalue weighted by Gasteiger charge is -2.31. The average Bonchev–Trinajstić information content (AvgIpc) is 2.13. The number of carbonyl (C=O) groups excluding carboxylic acids is 1. The first-order chi connectivity index (χ1) is 8.15. The molecule has 0 radical (unpaired) electrons. The summed E-state index contributed by atoms with van der Waals surface area (Å²) in [6.45, 7) is 5.03. The molecule has 1 atom stereocenters. The Morgan fingerprint density at radius 3 is 2.56 bits per heavy atom. The standard InChI is InChI=1S/C11H15ClN2O4/c1-10(2,3)18-9(17)14-11(8(15)16)6-7(12)4-5-13-11/h4-6,13H,1-3H3,(H,14,17)(H,15,16). The van der Waals surface area contributed by atoms with Gasteiger partial charge in [0, 0.05) is 11.2 Å². The lowest BCUT2D eigenvalue weighted by molar-refractivity contribution is -0.143. The molecule has 0 aromatic rings. The summed E-state index contributed by atoms with van der Waals surface area (Å²) < 4.78 is 5.00. The molecule has 0 spiro atoms. The average molecular weight is 275 g/mol. The topological polar surface area (TPSA) is 87.7 Å². The molecular weight excluding hydrogens is 260 g/mol. The molecule has 0 saturated carbocycles. The fourth-order valence-corrected chi connectivity index (χ4v) is 1.49. The smallest absolute Gasteiger partial charge is 0.410 e. The molecule has 1 unspecified atom stereocenters. The minimum Gasteiger partial charge on any atom is -0.478 e. The van der Waals surface area contributed by atoms with E-state index in [9.17, 15) is 14.7 Å². The van der Waals surface area contributed by atoms with Crippen LogP contribution in [0.1, 0.15) is 20.8 Å². The number of hydrogen-bond donors (Lipinski definition) is 3. The number of hydrogen-bond acceptors (Lipinski definition) is 4. The van der Waals surface area contributed by atoms with Crippen molar-refractivity contribution in [2.75, 3.05) is 0 Å². The Morgan fingerprint density at radius 1 is 1.50 bits per heavy atom. The molecule has 0 aromatic heterocycles. The fourth-order valence-electron chi connectivity index (χ4n) is 1.26. The number of carbonyl (C=O) groups is 2. The van der Waals surface area contributed by atoms with E-state index in [4.69, 9.17) is 16.3 Å². The monoisotopic (exact) mass is 274 g/mol. The SMILES string of the molecule is CC(C)(C)OC(=O)NC1(C(=O)O)C=C(Cl)C=CN1. The molecule has 0 bridgehead atoms. The van der Waals surface area contributed by atoms with Crippen molar-refractivity contribution >= 4 is 23.7 Å². The minimum absolute atomic E-state index is 0.201. The van der Waals surface area contributed by atoms with Crippen LogP contribution in [-0.4, -0.2) is 28.4 Å². The number of carboxylic acid groups (broad SMARTS) is 1. The molecular formula is C11H15ClN2O4. The highest BCUT2D eigenvalue weighted by Gasteiger charge is 2.40. The zero-order chi connectivity index (χ0) is 14.0. The van der Waals surface area contributed by atoms with Gasteiger partial charge in [-0.3, -0.25) is 5.32 Å². The van der Waals surface area contributed by atoms with Gasteiger partial charge >= 0.3 is 12.1 Å². The largest absolute Gasteiger partial charge is 0.478 e. The van der Waals surface area contributed by atoms with Gasteiger partial charge in [-0.2, -0.15) is 0 Å². The molecule has 1 aliphatic heterocycles. The molecule has 0 saturated heterocycles. The van der Waals surface area contributed by atoms with Crippen LogP contribution >= 0.6 is 11.6 Å². The van der Waals surface area contributed by atoms with Gasteiger partial charge in [0.25, 0.3) is 0 Å². The van der Waals surface area contributed by atoms with E-state index in [0.29, 0.717) is 0 Å². The maximum atomic E-state index is 11.6. The predicted octanol–water partition coefficient (Wildman–Crippen LogP) is 1.53. The number of halogens is 1. The van der Waals surface area contributed by atoms with E-state index in [2.05, 4.69) is 10.6 Å². The Hall–Kier alpha value is -1.69. The number of rotatable bonds is 2. The van der Waals surface area contributed by atoms with E-state index in [-0.39, 0.29) is 5.03 Å². The molecule has 1 amide bonds. The summed E-state index contributed by atoms with van der Waals surface area (Å²) in [5.41, 5.74) is -2.52. The first-order valence-electron chi connectivity index (χ1n) is 5.22. The van der Waals surface area contributed by atoms with Gasteiger partial charge < -0.3 is 15.2 Å². The van der Waals surface area contributed by atoms with Crippen LogP contribution in [0, 0.1) is 0 Å². The Balaban J connectivity index is 2.86. The van der Waals surface area contributed by atoms with Crippen LogP contribution < -0.4 is 10.6 Å². The van der Waals surface area contributed by atoms with Gasteiger partial charge in [0.1, 0.15) is 5.60 Å². The number of dihydropyridines is 1. The van der Waals surface area contributed by atoms with Crippen molar-refractivity contribution in [1.29, 1.82) is 0 Å². The summed E-state index contributed by atoms with van der Waals surface area (Å²) in [7, 11) is 0. The third-order valence-electron chi connectivity index (χ3n) is 1.94. The highest BCUT2D eigenvalue weighted by atomic mass is 35.5. The van der Waals surface area contributed by atoms with E-state index in [0.717, 1.165) is 0 Å². The maximum absolute atomic E-state index is 11.6. The first kappa shape index (κ1) is 14.4. The highest BCUT2D eigenvalue weighted by molar-refractivity contribution is 6.31. The minimum atomic E-state index is -1.80. The van der Waals surface area contributed by atoms with E-state index in [1.54, 1.807) is 20.8 Å². The molecule has 1 heterocycles. The quantitative estimate of drug-likeness (QED) is 0.711. The zero-order valence-electron chi connectivity index (χ0n) is 10.3. The van der Waals surface area contributed by atoms with Gasteiger partial charge in [-0.05, 0) is 32.9 Å². The number of amides is 1. The highest BCUT2D eigenvalue weighted by Crippen LogP contribution is 2.17. The van der Waals surface area contributed by atoms with Crippen molar-refractivity contribution in [3.05, 3.63) is 23.4 Å². The van der Waals surface area contributed by atoms with E-state index >= 15 is 0 Å². The van der Waals surface area contributed by atoms with Gasteiger partial charge in [0.2, 0.25) is 5.66 Å². The summed E-state index contributed by atoms with van der Waals surface area (Å²) in [6, 6.07) is 0. The van der Waals surface area contributed by atoms with Gasteiger partial charge in [-0.25, -0.2) is 9.59 Å². The van der Waals surface area contributed by atoms with E-state index in [1.807, 2.05) is 0 Å². The Kier molecular flexibility index (Phi) is 3.91. The number of allylic oxidation sites excluding steroid dienone is 2. The third-order valence-corrected chi connectivity index (χ3v) is 2.18. The number of carboxylic acids is 1. The Bertz CT molecular complexity index is 425. The van der Waals surface area contributed by atoms with Crippen LogP contribution in [0.25, 0.3) is 0 Å². The van der Waals surface area contributed by atoms with Crippen molar-refractivity contribution in [3.63, 3.8) is 0 Å². The normalized spacial score (nSPS) is 22.8. The summed E-state index contributed by atoms with van der Waals surface area (Å²) >= 11 is 5.74. The molecule has 6 nitrogen and oxygen atoms in total. The molecule has 1 aliphatic rings. The molecule has 0 aliphatic carbocycles. The third kappa shape index (κ3) is 3.66. The van der Waals surface area contributed by atoms with Crippen LogP contribution in [0.4, 0.5) is 4.79 Å². The van der Waals surface area contributed by atoms with Crippen LogP contribution in [-0.2, 0) is 9.53 Å². The number of aliphatic carboxylic acids is 1. The molecule has 1 rings (SSSR count). The Labute approximate surface area is 110 Å². The molecule has 0 fully saturated rings. The molecule has 18 heavy (non-hydrogen) atoms. The number of ether oxygens (including phenoxy) is 1. The Morgan fingerprint density at radius 2 is 2.11 bits per heavy atom. The number of nitrogens with one attached hydrogen (secondary N) is 2. The van der Waals surface area contributed by atoms with Gasteiger partial charge in [0.05, 0.1) is 0 Å². The van der Waals surface area contributed by atoms with Crippen molar-refractivity contribution in [3.8, 4) is 0 Å². The van der Waals surface area contributed by atoms with Gasteiger partial charge in [0.15, 0.2) is 0 Å². The first-order valence-corrected chi connectivity index (χ1v) is 5.60. The summed E-state index contributed by atoms with van der Waals surface area (Å²) in [6.07, 6.45) is 3.14. The van der Waals surface area contributed by atoms with Gasteiger partial charge in [-0.1, -0.05) is 11.6 Å². The summed E-state index contributed by atoms with van der Waals surface area (Å²) in [5.74, 6) is -1.30. The summed E-state index contributed by atoms with van der Waals surface area (Å²) in [4.78, 5) is 22.9. The van der Waals surface area contributed by atoms with Crippen molar-refractivity contribution in [1.82, 2.24) is 10.6 Å². The van der Waals surface area contributed by atoms with E-state index in [1.165, 1.54) is 18.4 Å².